The van der Waals surface area contributed by atoms with Crippen LogP contribution in [-0.2, 0) is 14.3 Å². The van der Waals surface area contributed by atoms with Crippen LogP contribution >= 0.6 is 0 Å². The number of carbonyl (C=O) groups is 1. The van der Waals surface area contributed by atoms with Crippen molar-refractivity contribution in [2.45, 2.75) is 57.2 Å². The van der Waals surface area contributed by atoms with Gasteiger partial charge in [-0.25, -0.2) is 0 Å². The minimum absolute atomic E-state index is 0.0517. The highest BCUT2D eigenvalue weighted by Crippen LogP contribution is 2.44. The average Bonchev–Trinajstić information content (AvgIpc) is 2.72. The lowest BCUT2D eigenvalue weighted by Gasteiger charge is -2.39. The van der Waals surface area contributed by atoms with Crippen molar-refractivity contribution in [2.24, 2.45) is 0 Å². The first-order valence-corrected chi connectivity index (χ1v) is 7.55. The normalized spacial score (nSPS) is 33.4. The number of ether oxygens (including phenoxy) is 4. The summed E-state index contributed by atoms with van der Waals surface area (Å²) in [6, 6.07) is 7.19. The van der Waals surface area contributed by atoms with E-state index in [4.69, 9.17) is 18.9 Å². The molecule has 120 valence electrons. The summed E-state index contributed by atoms with van der Waals surface area (Å²) in [5.74, 6) is 0.712. The molecule has 2 aliphatic rings. The summed E-state index contributed by atoms with van der Waals surface area (Å²) in [6.07, 6.45) is 0.312. The Bertz CT molecular complexity index is 565. The Morgan fingerprint density at radius 2 is 1.77 bits per heavy atom. The Labute approximate surface area is 130 Å². The molecule has 1 aliphatic carbocycles. The number of hydrogen-bond donors (Lipinski definition) is 0. The van der Waals surface area contributed by atoms with Crippen molar-refractivity contribution in [3.8, 4) is 11.5 Å². The lowest BCUT2D eigenvalue weighted by Crippen LogP contribution is -2.58. The van der Waals surface area contributed by atoms with Crippen molar-refractivity contribution in [1.29, 1.82) is 0 Å². The second kappa shape index (κ2) is 5.25. The van der Waals surface area contributed by atoms with E-state index < -0.39 is 17.5 Å². The van der Waals surface area contributed by atoms with Crippen LogP contribution < -0.4 is 9.47 Å². The predicted molar refractivity (Wildman–Crippen MR) is 80.1 cm³/mol. The van der Waals surface area contributed by atoms with Crippen LogP contribution in [0.25, 0.3) is 0 Å². The molecule has 3 rings (SSSR count). The summed E-state index contributed by atoms with van der Waals surface area (Å²) >= 11 is 0. The van der Waals surface area contributed by atoms with Crippen molar-refractivity contribution in [3.05, 3.63) is 24.3 Å². The van der Waals surface area contributed by atoms with Crippen LogP contribution in [0.1, 0.15) is 33.6 Å². The fourth-order valence-corrected chi connectivity index (χ4v) is 3.34. The Hall–Kier alpha value is -1.59. The van der Waals surface area contributed by atoms with Crippen LogP contribution in [0.15, 0.2) is 24.3 Å². The molecule has 5 nitrogen and oxygen atoms in total. The molecule has 0 N–H and O–H groups in total. The van der Waals surface area contributed by atoms with Crippen molar-refractivity contribution < 1.29 is 23.7 Å². The van der Waals surface area contributed by atoms with Gasteiger partial charge in [-0.05, 0) is 51.5 Å². The van der Waals surface area contributed by atoms with Gasteiger partial charge in [0, 0.05) is 6.42 Å². The molecular formula is C17H22O5. The first kappa shape index (κ1) is 15.3. The van der Waals surface area contributed by atoms with Gasteiger partial charge < -0.3 is 18.9 Å². The number of benzene rings is 1. The number of fused-ring (bicyclic) bond motifs is 1. The molecule has 0 amide bonds. The molecule has 2 fully saturated rings. The Kier molecular flexibility index (Phi) is 3.65. The Morgan fingerprint density at radius 1 is 1.14 bits per heavy atom. The molecule has 1 saturated heterocycles. The van der Waals surface area contributed by atoms with Crippen LogP contribution in [-0.4, -0.2) is 36.5 Å². The molecule has 1 aromatic rings. The second-order valence-electron chi connectivity index (χ2n) is 6.47. The zero-order chi connectivity index (χ0) is 16.0. The van der Waals surface area contributed by atoms with Crippen LogP contribution in [0.5, 0.6) is 11.5 Å². The van der Waals surface area contributed by atoms with Gasteiger partial charge in [-0.2, -0.15) is 0 Å². The summed E-state index contributed by atoms with van der Waals surface area (Å²) < 4.78 is 23.1. The number of carbonyl (C=O) groups excluding carboxylic acids is 1. The van der Waals surface area contributed by atoms with Crippen molar-refractivity contribution in [1.82, 2.24) is 0 Å². The fraction of sp³-hybridized carbons (Fsp3) is 0.588. The molecule has 0 aromatic heterocycles. The van der Waals surface area contributed by atoms with E-state index in [0.29, 0.717) is 18.6 Å². The zero-order valence-electron chi connectivity index (χ0n) is 13.4. The quantitative estimate of drug-likeness (QED) is 0.859. The standard InChI is InChI=1S/C17H22O5/c1-16(2)21-14-10-9-13(18)15(17(14,3)22-16)20-12-7-5-11(19-4)6-8-12/h5-8,14-15H,9-10H2,1-4H3/t14-,15-,17-/m1/s1. The second-order valence-corrected chi connectivity index (χ2v) is 6.47. The van der Waals surface area contributed by atoms with E-state index in [-0.39, 0.29) is 11.9 Å². The van der Waals surface area contributed by atoms with E-state index >= 15 is 0 Å². The lowest BCUT2D eigenvalue weighted by molar-refractivity contribution is -0.178. The maximum Gasteiger partial charge on any atom is 0.188 e. The molecule has 1 aromatic carbocycles. The fourth-order valence-electron chi connectivity index (χ4n) is 3.34. The zero-order valence-corrected chi connectivity index (χ0v) is 13.4. The van der Waals surface area contributed by atoms with E-state index in [2.05, 4.69) is 0 Å². The van der Waals surface area contributed by atoms with Gasteiger partial charge in [-0.15, -0.1) is 0 Å². The third-order valence-corrected chi connectivity index (χ3v) is 4.31. The summed E-state index contributed by atoms with van der Waals surface area (Å²) in [6.45, 7) is 5.63. The number of ketones is 1. The molecule has 22 heavy (non-hydrogen) atoms. The molecule has 5 heteroatoms. The highest BCUT2D eigenvalue weighted by molar-refractivity contribution is 5.86. The van der Waals surface area contributed by atoms with Crippen LogP contribution in [0.4, 0.5) is 0 Å². The molecule has 0 spiro atoms. The maximum atomic E-state index is 12.4. The summed E-state index contributed by atoms with van der Waals surface area (Å²) in [4.78, 5) is 12.4. The van der Waals surface area contributed by atoms with E-state index in [1.807, 2.05) is 20.8 Å². The molecule has 1 heterocycles. The van der Waals surface area contributed by atoms with E-state index in [0.717, 1.165) is 5.75 Å². The third kappa shape index (κ3) is 2.59. The summed E-state index contributed by atoms with van der Waals surface area (Å²) in [5.41, 5.74) is -0.765. The van der Waals surface area contributed by atoms with Crippen LogP contribution in [0.3, 0.4) is 0 Å². The van der Waals surface area contributed by atoms with Gasteiger partial charge in [0.15, 0.2) is 17.7 Å². The highest BCUT2D eigenvalue weighted by Gasteiger charge is 2.60. The van der Waals surface area contributed by atoms with Gasteiger partial charge in [0.25, 0.3) is 0 Å². The van der Waals surface area contributed by atoms with E-state index in [9.17, 15) is 4.79 Å². The highest BCUT2D eigenvalue weighted by atomic mass is 16.8. The SMILES string of the molecule is COc1ccc(O[C@@H]2C(=O)CC[C@H]3OC(C)(C)O[C@@]23C)cc1. The summed E-state index contributed by atoms with van der Waals surface area (Å²) in [7, 11) is 1.61. The Balaban J connectivity index is 1.85. The smallest absolute Gasteiger partial charge is 0.188 e. The van der Waals surface area contributed by atoms with Gasteiger partial charge in [0.1, 0.15) is 17.1 Å². The van der Waals surface area contributed by atoms with Gasteiger partial charge in [-0.3, -0.25) is 4.79 Å². The van der Waals surface area contributed by atoms with Crippen molar-refractivity contribution >= 4 is 5.78 Å². The van der Waals surface area contributed by atoms with Crippen LogP contribution in [0.2, 0.25) is 0 Å². The molecule has 0 bridgehead atoms. The number of methoxy groups -OCH3 is 1. The predicted octanol–water partition coefficient (Wildman–Crippen LogP) is 2.72. The van der Waals surface area contributed by atoms with Gasteiger partial charge >= 0.3 is 0 Å². The van der Waals surface area contributed by atoms with Crippen molar-refractivity contribution in [2.75, 3.05) is 7.11 Å². The molecule has 1 aliphatic heterocycles. The average molecular weight is 306 g/mol. The minimum Gasteiger partial charge on any atom is -0.497 e. The number of Topliss-reactive ketones (excluding diaryl/α,β-unsaturated/α-hetero) is 1. The van der Waals surface area contributed by atoms with E-state index in [1.165, 1.54) is 0 Å². The van der Waals surface area contributed by atoms with Crippen molar-refractivity contribution in [3.63, 3.8) is 0 Å². The maximum absolute atomic E-state index is 12.4. The van der Waals surface area contributed by atoms with Gasteiger partial charge in [-0.1, -0.05) is 0 Å². The molecule has 3 atom stereocenters. The molecule has 1 saturated carbocycles. The summed E-state index contributed by atoms with van der Waals surface area (Å²) in [5, 5.41) is 0. The lowest BCUT2D eigenvalue weighted by atomic mass is 9.80. The third-order valence-electron chi connectivity index (χ3n) is 4.31. The van der Waals surface area contributed by atoms with Crippen LogP contribution in [0, 0.1) is 0 Å². The molecular weight excluding hydrogens is 284 g/mol. The first-order chi connectivity index (χ1) is 10.3. The van der Waals surface area contributed by atoms with Gasteiger partial charge in [0.05, 0.1) is 13.2 Å². The minimum atomic E-state index is -0.765. The van der Waals surface area contributed by atoms with Gasteiger partial charge in [0.2, 0.25) is 0 Å². The Morgan fingerprint density at radius 3 is 2.41 bits per heavy atom. The first-order valence-electron chi connectivity index (χ1n) is 7.55. The number of rotatable bonds is 3. The molecule has 0 unspecified atom stereocenters. The topological polar surface area (TPSA) is 54.0 Å². The molecule has 0 radical (unpaired) electrons. The number of hydrogen-bond acceptors (Lipinski definition) is 5. The monoisotopic (exact) mass is 306 g/mol. The van der Waals surface area contributed by atoms with E-state index in [1.54, 1.807) is 31.4 Å². The largest absolute Gasteiger partial charge is 0.497 e.